The largest absolute Gasteiger partial charge is 0.208 e. The summed E-state index contributed by atoms with van der Waals surface area (Å²) < 4.78 is 0. The maximum absolute atomic E-state index is 4.73. The number of aromatic nitrogens is 3. The second-order valence-electron chi connectivity index (χ2n) is 4.77. The Labute approximate surface area is 149 Å². The van der Waals surface area contributed by atoms with E-state index in [2.05, 4.69) is 33.2 Å². The van der Waals surface area contributed by atoms with E-state index in [1.807, 2.05) is 43.5 Å². The van der Waals surface area contributed by atoms with Gasteiger partial charge in [-0.3, -0.25) is 0 Å². The zero-order valence-corrected chi connectivity index (χ0v) is 15.3. The van der Waals surface area contributed by atoms with E-state index in [1.165, 1.54) is 23.5 Å². The van der Waals surface area contributed by atoms with Crippen molar-refractivity contribution >= 4 is 36.2 Å². The van der Waals surface area contributed by atoms with Crippen LogP contribution in [0.5, 0.6) is 0 Å². The van der Waals surface area contributed by atoms with Crippen molar-refractivity contribution in [2.75, 3.05) is 6.26 Å². The van der Waals surface area contributed by atoms with Crippen LogP contribution in [-0.2, 0) is 0 Å². The molecule has 1 heterocycles. The fraction of sp³-hybridized carbons (Fsp3) is 0.118. The van der Waals surface area contributed by atoms with Gasteiger partial charge in [-0.2, -0.15) is 4.98 Å². The molecular weight excluding hydrogens is 342 g/mol. The molecule has 0 aliphatic heterocycles. The molecule has 3 nitrogen and oxygen atoms in total. The molecule has 0 bridgehead atoms. The zero-order chi connectivity index (χ0) is 16.2. The lowest BCUT2D eigenvalue weighted by Gasteiger charge is -2.10. The van der Waals surface area contributed by atoms with Gasteiger partial charge in [-0.15, -0.1) is 12.6 Å². The number of thiol groups is 1. The molecule has 0 aliphatic rings. The molecule has 23 heavy (non-hydrogen) atoms. The average Bonchev–Trinajstić information content (AvgIpc) is 2.57. The summed E-state index contributed by atoms with van der Waals surface area (Å²) >= 11 is 7.76. The molecule has 2 aromatic carbocycles. The Kier molecular flexibility index (Phi) is 5.25. The van der Waals surface area contributed by atoms with Crippen molar-refractivity contribution in [3.8, 4) is 11.1 Å². The normalized spacial score (nSPS) is 10.7. The fourth-order valence-electron chi connectivity index (χ4n) is 2.12. The van der Waals surface area contributed by atoms with Gasteiger partial charge in [0.15, 0.2) is 10.3 Å². The molecule has 0 N–H and O–H groups in total. The first-order valence-corrected chi connectivity index (χ1v) is 9.48. The highest BCUT2D eigenvalue weighted by Crippen LogP contribution is 2.37. The highest BCUT2D eigenvalue weighted by Gasteiger charge is 2.11. The van der Waals surface area contributed by atoms with Crippen molar-refractivity contribution in [2.24, 2.45) is 0 Å². The van der Waals surface area contributed by atoms with Crippen LogP contribution in [0.2, 0.25) is 0 Å². The minimum absolute atomic E-state index is 0.697. The van der Waals surface area contributed by atoms with Crippen molar-refractivity contribution in [2.45, 2.75) is 27.0 Å². The van der Waals surface area contributed by atoms with Gasteiger partial charge in [0.2, 0.25) is 0 Å². The third kappa shape index (κ3) is 3.88. The summed E-state index contributed by atoms with van der Waals surface area (Å²) in [5.74, 6) is 0.728. The highest BCUT2D eigenvalue weighted by molar-refractivity contribution is 7.99. The van der Waals surface area contributed by atoms with Crippen LogP contribution in [0.15, 0.2) is 68.6 Å². The predicted octanol–water partition coefficient (Wildman–Crippen LogP) is 5.01. The van der Waals surface area contributed by atoms with Crippen molar-refractivity contribution in [1.82, 2.24) is 15.0 Å². The van der Waals surface area contributed by atoms with Crippen LogP contribution in [-0.4, -0.2) is 21.2 Å². The molecule has 3 aromatic rings. The molecule has 116 valence electrons. The Balaban J connectivity index is 1.97. The van der Waals surface area contributed by atoms with Gasteiger partial charge in [0, 0.05) is 9.79 Å². The Bertz CT molecular complexity index is 823. The van der Waals surface area contributed by atoms with Gasteiger partial charge >= 0.3 is 0 Å². The molecule has 3 rings (SSSR count). The smallest absolute Gasteiger partial charge is 0.196 e. The predicted molar refractivity (Wildman–Crippen MR) is 99.6 cm³/mol. The van der Waals surface area contributed by atoms with Gasteiger partial charge in [0.1, 0.15) is 5.82 Å². The van der Waals surface area contributed by atoms with Crippen LogP contribution < -0.4 is 0 Å². The second-order valence-corrected chi connectivity index (χ2v) is 7.00. The van der Waals surface area contributed by atoms with E-state index >= 15 is 0 Å². The third-order valence-corrected chi connectivity index (χ3v) is 5.28. The van der Waals surface area contributed by atoms with Crippen LogP contribution in [0, 0.1) is 6.92 Å². The topological polar surface area (TPSA) is 38.7 Å². The maximum atomic E-state index is 4.73. The van der Waals surface area contributed by atoms with Gasteiger partial charge in [-0.05, 0) is 42.1 Å². The van der Waals surface area contributed by atoms with E-state index in [4.69, 9.17) is 12.6 Å². The summed E-state index contributed by atoms with van der Waals surface area (Å²) in [7, 11) is 0. The Hall–Kier alpha value is -1.50. The molecule has 1 aromatic heterocycles. The lowest BCUT2D eigenvalue weighted by Crippen LogP contribution is -1.97. The molecule has 0 saturated carbocycles. The average molecular weight is 358 g/mol. The van der Waals surface area contributed by atoms with E-state index in [0.29, 0.717) is 5.16 Å². The highest BCUT2D eigenvalue weighted by atomic mass is 32.2. The maximum Gasteiger partial charge on any atom is 0.196 e. The lowest BCUT2D eigenvalue weighted by atomic mass is 10.1. The lowest BCUT2D eigenvalue weighted by molar-refractivity contribution is 0.767. The van der Waals surface area contributed by atoms with Crippen LogP contribution in [0.25, 0.3) is 11.1 Å². The summed E-state index contributed by atoms with van der Waals surface area (Å²) in [4.78, 5) is 15.1. The van der Waals surface area contributed by atoms with Gasteiger partial charge in [-0.1, -0.05) is 54.2 Å². The van der Waals surface area contributed by atoms with E-state index in [1.54, 1.807) is 0 Å². The minimum atomic E-state index is 0.697. The summed E-state index contributed by atoms with van der Waals surface area (Å²) in [5.41, 5.74) is 2.26. The monoisotopic (exact) mass is 357 g/mol. The van der Waals surface area contributed by atoms with E-state index < -0.39 is 0 Å². The number of thioether (sulfide) groups is 1. The zero-order valence-electron chi connectivity index (χ0n) is 12.7. The molecule has 0 fully saturated rings. The first-order valence-electron chi connectivity index (χ1n) is 6.99. The van der Waals surface area contributed by atoms with Crippen LogP contribution in [0.3, 0.4) is 0 Å². The molecule has 6 heteroatoms. The summed E-state index contributed by atoms with van der Waals surface area (Å²) in [5, 5.41) is 1.43. The summed E-state index contributed by atoms with van der Waals surface area (Å²) in [6.45, 7) is 1.88. The fourth-order valence-corrected chi connectivity index (χ4v) is 3.86. The summed E-state index contributed by atoms with van der Waals surface area (Å²) in [6, 6.07) is 16.4. The first kappa shape index (κ1) is 16.4. The van der Waals surface area contributed by atoms with E-state index in [0.717, 1.165) is 31.9 Å². The second kappa shape index (κ2) is 7.38. The number of rotatable bonds is 4. The molecule has 0 atom stereocenters. The number of aryl methyl sites for hydroxylation is 1. The Morgan fingerprint density at radius 2 is 1.61 bits per heavy atom. The summed E-state index contributed by atoms with van der Waals surface area (Å²) in [6.07, 6.45) is 1.96. The van der Waals surface area contributed by atoms with Gasteiger partial charge in [0.25, 0.3) is 0 Å². The quantitative estimate of drug-likeness (QED) is 0.525. The van der Waals surface area contributed by atoms with Crippen molar-refractivity contribution in [3.63, 3.8) is 0 Å². The molecule has 0 aliphatic carbocycles. The van der Waals surface area contributed by atoms with Crippen LogP contribution >= 0.6 is 36.2 Å². The van der Waals surface area contributed by atoms with E-state index in [9.17, 15) is 0 Å². The SMILES string of the molecule is CSc1nc(C)nc(Sc2cccc(-c3ccccc3)c2S)n1. The molecule has 0 radical (unpaired) electrons. The molecule has 0 amide bonds. The number of benzene rings is 2. The standard InChI is InChI=1S/C17H15N3S3/c1-11-18-16(22-2)20-17(19-11)23-14-10-6-9-13(15(14)21)12-7-4-3-5-8-12/h3-10,21H,1-2H3. The number of hydrogen-bond acceptors (Lipinski definition) is 6. The van der Waals surface area contributed by atoms with Crippen molar-refractivity contribution in [3.05, 3.63) is 54.4 Å². The molecular formula is C17H15N3S3. The molecule has 0 unspecified atom stereocenters. The molecule has 0 spiro atoms. The van der Waals surface area contributed by atoms with Gasteiger partial charge < -0.3 is 0 Å². The Morgan fingerprint density at radius 3 is 2.35 bits per heavy atom. The van der Waals surface area contributed by atoms with Crippen molar-refractivity contribution in [1.29, 1.82) is 0 Å². The van der Waals surface area contributed by atoms with Gasteiger partial charge in [0.05, 0.1) is 0 Å². The Morgan fingerprint density at radius 1 is 0.870 bits per heavy atom. The first-order chi connectivity index (χ1) is 11.2. The van der Waals surface area contributed by atoms with Crippen molar-refractivity contribution < 1.29 is 0 Å². The minimum Gasteiger partial charge on any atom is -0.208 e. The van der Waals surface area contributed by atoms with Crippen LogP contribution in [0.1, 0.15) is 5.82 Å². The van der Waals surface area contributed by atoms with Crippen LogP contribution in [0.4, 0.5) is 0 Å². The number of hydrogen-bond donors (Lipinski definition) is 1. The molecule has 0 saturated heterocycles. The third-order valence-electron chi connectivity index (χ3n) is 3.17. The van der Waals surface area contributed by atoms with E-state index in [-0.39, 0.29) is 0 Å². The van der Waals surface area contributed by atoms with Gasteiger partial charge in [-0.25, -0.2) is 9.97 Å². The number of nitrogens with zero attached hydrogens (tertiary/aromatic N) is 3.